The number of rotatable bonds is 1. The summed E-state index contributed by atoms with van der Waals surface area (Å²) >= 11 is 3.56. The summed E-state index contributed by atoms with van der Waals surface area (Å²) in [6.07, 6.45) is 3.70. The highest BCUT2D eigenvalue weighted by atomic mass is 79.9. The third kappa shape index (κ3) is 2.16. The van der Waals surface area contributed by atoms with Gasteiger partial charge in [-0.3, -0.25) is 4.98 Å². The molecule has 1 saturated heterocycles. The molecule has 2 aromatic rings. The van der Waals surface area contributed by atoms with Gasteiger partial charge in [0.05, 0.1) is 11.6 Å². The number of hydrogen-bond donors (Lipinski definition) is 1. The van der Waals surface area contributed by atoms with Gasteiger partial charge in [0.1, 0.15) is 0 Å². The van der Waals surface area contributed by atoms with Gasteiger partial charge in [0.25, 0.3) is 0 Å². The smallest absolute Gasteiger partial charge is 0.0860 e. The molecule has 2 heterocycles. The third-order valence-electron chi connectivity index (χ3n) is 3.42. The molecule has 4 heteroatoms. The summed E-state index contributed by atoms with van der Waals surface area (Å²) in [5.41, 5.74) is 8.17. The van der Waals surface area contributed by atoms with Gasteiger partial charge in [0.15, 0.2) is 0 Å². The van der Waals surface area contributed by atoms with Crippen molar-refractivity contribution in [1.82, 2.24) is 4.98 Å². The molecule has 2 unspecified atom stereocenters. The second-order valence-electron chi connectivity index (χ2n) is 4.68. The van der Waals surface area contributed by atoms with E-state index in [1.165, 1.54) is 0 Å². The highest BCUT2D eigenvalue weighted by molar-refractivity contribution is 9.10. The molecule has 0 aliphatic carbocycles. The average molecular weight is 307 g/mol. The Bertz CT molecular complexity index is 573. The van der Waals surface area contributed by atoms with Gasteiger partial charge in [-0.1, -0.05) is 28.1 Å². The van der Waals surface area contributed by atoms with Gasteiger partial charge in [0.2, 0.25) is 0 Å². The van der Waals surface area contributed by atoms with Crippen LogP contribution in [0.2, 0.25) is 0 Å². The first-order chi connectivity index (χ1) is 8.75. The minimum absolute atomic E-state index is 0.0687. The molecule has 1 fully saturated rings. The zero-order valence-corrected chi connectivity index (χ0v) is 11.6. The number of aromatic nitrogens is 1. The number of nitrogens with two attached hydrogens (primary N) is 1. The topological polar surface area (TPSA) is 48.1 Å². The first-order valence-electron chi connectivity index (χ1n) is 6.16. The Balaban J connectivity index is 2.09. The molecule has 0 saturated carbocycles. The van der Waals surface area contributed by atoms with Crippen molar-refractivity contribution in [2.45, 2.75) is 25.0 Å². The molecule has 2 N–H and O–H groups in total. The van der Waals surface area contributed by atoms with E-state index in [-0.39, 0.29) is 12.1 Å². The molecule has 18 heavy (non-hydrogen) atoms. The molecule has 0 spiro atoms. The number of halogens is 1. The second kappa shape index (κ2) is 4.96. The number of pyridine rings is 1. The molecule has 0 radical (unpaired) electrons. The van der Waals surface area contributed by atoms with Crippen LogP contribution in [0.1, 0.15) is 24.5 Å². The van der Waals surface area contributed by atoms with Crippen LogP contribution in [0.3, 0.4) is 0 Å². The van der Waals surface area contributed by atoms with E-state index in [2.05, 4.69) is 39.1 Å². The lowest BCUT2D eigenvalue weighted by Crippen LogP contribution is -2.30. The normalized spacial score (nSPS) is 24.3. The van der Waals surface area contributed by atoms with E-state index in [9.17, 15) is 0 Å². The second-order valence-corrected chi connectivity index (χ2v) is 5.53. The van der Waals surface area contributed by atoms with Crippen molar-refractivity contribution in [2.75, 3.05) is 6.61 Å². The summed E-state index contributed by atoms with van der Waals surface area (Å²) in [6, 6.07) is 8.39. The molecular weight excluding hydrogens is 292 g/mol. The van der Waals surface area contributed by atoms with E-state index in [1.54, 1.807) is 0 Å². The minimum atomic E-state index is 0.0687. The van der Waals surface area contributed by atoms with Crippen LogP contribution in [0.15, 0.2) is 34.9 Å². The quantitative estimate of drug-likeness (QED) is 0.880. The van der Waals surface area contributed by atoms with Crippen molar-refractivity contribution < 1.29 is 4.74 Å². The lowest BCUT2D eigenvalue weighted by molar-refractivity contribution is 0.00745. The van der Waals surface area contributed by atoms with Crippen LogP contribution in [-0.4, -0.2) is 17.6 Å². The van der Waals surface area contributed by atoms with Gasteiger partial charge in [-0.25, -0.2) is 0 Å². The summed E-state index contributed by atoms with van der Waals surface area (Å²) < 4.78 is 6.91. The van der Waals surface area contributed by atoms with Crippen LogP contribution in [0, 0.1) is 0 Å². The maximum Gasteiger partial charge on any atom is 0.0860 e. The Morgan fingerprint density at radius 1 is 1.33 bits per heavy atom. The van der Waals surface area contributed by atoms with Crippen molar-refractivity contribution in [3.05, 3.63) is 40.5 Å². The van der Waals surface area contributed by atoms with Crippen LogP contribution >= 0.6 is 15.9 Å². The molecule has 1 aliphatic rings. The average Bonchev–Trinajstić information content (AvgIpc) is 2.39. The van der Waals surface area contributed by atoms with Crippen molar-refractivity contribution >= 4 is 26.8 Å². The fourth-order valence-electron chi connectivity index (χ4n) is 2.46. The lowest BCUT2D eigenvalue weighted by Gasteiger charge is -2.28. The fraction of sp³-hybridized carbons (Fsp3) is 0.357. The monoisotopic (exact) mass is 306 g/mol. The SMILES string of the molecule is NC1CCOC(c2ccc(Br)c3cccnc23)C1. The molecule has 3 nitrogen and oxygen atoms in total. The van der Waals surface area contributed by atoms with Gasteiger partial charge >= 0.3 is 0 Å². The van der Waals surface area contributed by atoms with Gasteiger partial charge < -0.3 is 10.5 Å². The van der Waals surface area contributed by atoms with Crippen molar-refractivity contribution in [2.24, 2.45) is 5.73 Å². The summed E-state index contributed by atoms with van der Waals surface area (Å²) in [7, 11) is 0. The van der Waals surface area contributed by atoms with Crippen LogP contribution in [0.5, 0.6) is 0 Å². The zero-order valence-electron chi connectivity index (χ0n) is 9.97. The van der Waals surface area contributed by atoms with Gasteiger partial charge in [0, 0.05) is 34.3 Å². The largest absolute Gasteiger partial charge is 0.373 e. The van der Waals surface area contributed by atoms with Crippen LogP contribution < -0.4 is 5.73 Å². The van der Waals surface area contributed by atoms with Crippen molar-refractivity contribution in [3.8, 4) is 0 Å². The number of fused-ring (bicyclic) bond motifs is 1. The maximum absolute atomic E-state index is 6.03. The Labute approximate surface area is 114 Å². The van der Waals surface area contributed by atoms with E-state index >= 15 is 0 Å². The molecule has 1 aliphatic heterocycles. The fourth-order valence-corrected chi connectivity index (χ4v) is 2.91. The molecule has 3 rings (SSSR count). The van der Waals surface area contributed by atoms with Crippen LogP contribution in [0.25, 0.3) is 10.9 Å². The minimum Gasteiger partial charge on any atom is -0.373 e. The van der Waals surface area contributed by atoms with Crippen LogP contribution in [-0.2, 0) is 4.74 Å². The zero-order chi connectivity index (χ0) is 12.5. The first kappa shape index (κ1) is 12.1. The van der Waals surface area contributed by atoms with E-state index in [0.29, 0.717) is 0 Å². The van der Waals surface area contributed by atoms with Gasteiger partial charge in [-0.2, -0.15) is 0 Å². The lowest BCUT2D eigenvalue weighted by atomic mass is 9.96. The molecule has 1 aromatic carbocycles. The van der Waals surface area contributed by atoms with Crippen molar-refractivity contribution in [3.63, 3.8) is 0 Å². The molecule has 2 atom stereocenters. The predicted molar refractivity (Wildman–Crippen MR) is 75.3 cm³/mol. The standard InChI is InChI=1S/C14H15BrN2O/c15-12-4-3-11(13-8-9(16)5-7-18-13)14-10(12)2-1-6-17-14/h1-4,6,9,13H,5,7-8,16H2. The molecule has 1 aromatic heterocycles. The van der Waals surface area contributed by atoms with E-state index in [1.807, 2.05) is 12.3 Å². The van der Waals surface area contributed by atoms with E-state index in [0.717, 1.165) is 40.4 Å². The Morgan fingerprint density at radius 3 is 3.06 bits per heavy atom. The Hall–Kier alpha value is -0.970. The summed E-state index contributed by atoms with van der Waals surface area (Å²) in [4.78, 5) is 4.49. The highest BCUT2D eigenvalue weighted by Gasteiger charge is 2.23. The number of nitrogens with zero attached hydrogens (tertiary/aromatic N) is 1. The number of hydrogen-bond acceptors (Lipinski definition) is 3. The van der Waals surface area contributed by atoms with Gasteiger partial charge in [-0.05, 0) is 25.0 Å². The van der Waals surface area contributed by atoms with E-state index < -0.39 is 0 Å². The maximum atomic E-state index is 6.03. The summed E-state index contributed by atoms with van der Waals surface area (Å²) in [5, 5.41) is 1.12. The number of ether oxygens (including phenoxy) is 1. The Morgan fingerprint density at radius 2 is 2.22 bits per heavy atom. The number of benzene rings is 1. The van der Waals surface area contributed by atoms with E-state index in [4.69, 9.17) is 10.5 Å². The Kier molecular flexibility index (Phi) is 3.33. The highest BCUT2D eigenvalue weighted by Crippen LogP contribution is 2.34. The van der Waals surface area contributed by atoms with Crippen LogP contribution in [0.4, 0.5) is 0 Å². The summed E-state index contributed by atoms with van der Waals surface area (Å²) in [5.74, 6) is 0. The third-order valence-corrected chi connectivity index (χ3v) is 4.11. The predicted octanol–water partition coefficient (Wildman–Crippen LogP) is 3.18. The van der Waals surface area contributed by atoms with Crippen molar-refractivity contribution in [1.29, 1.82) is 0 Å². The molecule has 0 amide bonds. The molecule has 0 bridgehead atoms. The molecular formula is C14H15BrN2O. The van der Waals surface area contributed by atoms with Gasteiger partial charge in [-0.15, -0.1) is 0 Å². The summed E-state index contributed by atoms with van der Waals surface area (Å²) in [6.45, 7) is 0.732. The first-order valence-corrected chi connectivity index (χ1v) is 6.95. The molecule has 94 valence electrons.